The molecule has 0 saturated heterocycles. The van der Waals surface area contributed by atoms with Crippen molar-refractivity contribution in [3.63, 3.8) is 0 Å². The first-order valence-corrected chi connectivity index (χ1v) is 5.68. The predicted molar refractivity (Wildman–Crippen MR) is 68.7 cm³/mol. The van der Waals surface area contributed by atoms with Crippen molar-refractivity contribution in [3.05, 3.63) is 59.6 Å². The molecule has 0 aliphatic rings. The van der Waals surface area contributed by atoms with Gasteiger partial charge >= 0.3 is 0 Å². The van der Waals surface area contributed by atoms with Gasteiger partial charge in [0.15, 0.2) is 0 Å². The first-order valence-electron chi connectivity index (χ1n) is 5.68. The van der Waals surface area contributed by atoms with Crippen LogP contribution < -0.4 is 4.85 Å². The van der Waals surface area contributed by atoms with E-state index in [-0.39, 0.29) is 0 Å². The fourth-order valence-corrected chi connectivity index (χ4v) is 2.00. The zero-order chi connectivity index (χ0) is 12.5. The molecule has 2 heterocycles. The zero-order valence-corrected chi connectivity index (χ0v) is 9.87. The van der Waals surface area contributed by atoms with Crippen molar-refractivity contribution in [2.45, 2.75) is 6.92 Å². The average molecular weight is 237 g/mol. The molecule has 0 aliphatic carbocycles. The highest BCUT2D eigenvalue weighted by molar-refractivity contribution is 5.92. The number of benzene rings is 1. The summed E-state index contributed by atoms with van der Waals surface area (Å²) in [6.45, 7) is 1.73. The second-order valence-corrected chi connectivity index (χ2v) is 4.07. The predicted octanol–water partition coefficient (Wildman–Crippen LogP) is 2.24. The van der Waals surface area contributed by atoms with Crippen LogP contribution in [0.4, 0.5) is 0 Å². The Balaban J connectivity index is 2.40. The van der Waals surface area contributed by atoms with Crippen molar-refractivity contribution >= 4 is 10.9 Å². The largest absolute Gasteiger partial charge is 0.594 e. The first-order chi connectivity index (χ1) is 8.77. The summed E-state index contributed by atoms with van der Waals surface area (Å²) in [6, 6.07) is 13.4. The maximum atomic E-state index is 11.8. The van der Waals surface area contributed by atoms with Crippen LogP contribution in [-0.2, 0) is 0 Å². The molecule has 0 amide bonds. The topological polar surface area (TPSA) is 52.7 Å². The summed E-state index contributed by atoms with van der Waals surface area (Å²) in [5, 5.41) is 16.8. The summed E-state index contributed by atoms with van der Waals surface area (Å²) in [5.41, 5.74) is 2.80. The van der Waals surface area contributed by atoms with Gasteiger partial charge in [0.25, 0.3) is 0 Å². The number of nitrogens with zero attached hydrogens (tertiary/aromatic N) is 3. The number of fused-ring (bicyclic) bond motifs is 1. The number of pyridine rings is 1. The maximum absolute atomic E-state index is 11.8. The van der Waals surface area contributed by atoms with E-state index in [9.17, 15) is 5.21 Å². The number of aryl methyl sites for hydroxylation is 1. The third kappa shape index (κ3) is 1.59. The molecule has 18 heavy (non-hydrogen) atoms. The van der Waals surface area contributed by atoms with Gasteiger partial charge in [-0.1, -0.05) is 35.2 Å². The Kier molecular flexibility index (Phi) is 2.41. The molecule has 4 nitrogen and oxygen atoms in total. The molecular weight excluding hydrogens is 226 g/mol. The highest BCUT2D eigenvalue weighted by atomic mass is 16.5. The van der Waals surface area contributed by atoms with E-state index in [1.54, 1.807) is 13.1 Å². The summed E-state index contributed by atoms with van der Waals surface area (Å²) >= 11 is 0. The van der Waals surface area contributed by atoms with Crippen LogP contribution in [-0.4, -0.2) is 10.1 Å². The van der Waals surface area contributed by atoms with Crippen LogP contribution in [0.15, 0.2) is 48.7 Å². The summed E-state index contributed by atoms with van der Waals surface area (Å²) < 4.78 is 0. The van der Waals surface area contributed by atoms with Crippen molar-refractivity contribution in [1.82, 2.24) is 10.1 Å². The molecule has 0 fully saturated rings. The van der Waals surface area contributed by atoms with Gasteiger partial charge in [-0.15, -0.1) is 0 Å². The Morgan fingerprint density at radius 1 is 1.06 bits per heavy atom. The first kappa shape index (κ1) is 10.7. The number of hydrogen-bond donors (Lipinski definition) is 0. The van der Waals surface area contributed by atoms with Gasteiger partial charge < -0.3 is 5.21 Å². The van der Waals surface area contributed by atoms with Gasteiger partial charge in [0.2, 0.25) is 5.69 Å². The van der Waals surface area contributed by atoms with E-state index >= 15 is 0 Å². The fourth-order valence-electron chi connectivity index (χ4n) is 2.00. The third-order valence-corrected chi connectivity index (χ3v) is 2.93. The Morgan fingerprint density at radius 2 is 1.83 bits per heavy atom. The van der Waals surface area contributed by atoms with Crippen LogP contribution in [0.1, 0.15) is 5.69 Å². The molecule has 0 saturated carbocycles. The highest BCUT2D eigenvalue weighted by Gasteiger charge is 2.15. The van der Waals surface area contributed by atoms with Crippen LogP contribution in [0, 0.1) is 12.1 Å². The molecule has 1 aromatic carbocycles. The van der Waals surface area contributed by atoms with Crippen molar-refractivity contribution < 1.29 is 4.85 Å². The molecule has 88 valence electrons. The fraction of sp³-hybridized carbons (Fsp3) is 0.0714. The number of hydrogen-bond acceptors (Lipinski definition) is 3. The Morgan fingerprint density at radius 3 is 2.61 bits per heavy atom. The lowest BCUT2D eigenvalue weighted by Gasteiger charge is -2.06. The second kappa shape index (κ2) is 4.07. The molecule has 0 bridgehead atoms. The molecule has 3 rings (SSSR count). The van der Waals surface area contributed by atoms with Gasteiger partial charge in [0, 0.05) is 29.2 Å². The highest BCUT2D eigenvalue weighted by Crippen LogP contribution is 2.24. The van der Waals surface area contributed by atoms with Crippen LogP contribution in [0.3, 0.4) is 0 Å². The molecular formula is C14H11N3O. The van der Waals surface area contributed by atoms with Crippen LogP contribution in [0.25, 0.3) is 22.2 Å². The van der Waals surface area contributed by atoms with Crippen molar-refractivity contribution in [1.29, 1.82) is 0 Å². The number of rotatable bonds is 1. The van der Waals surface area contributed by atoms with Gasteiger partial charge in [-0.05, 0) is 12.1 Å². The zero-order valence-electron chi connectivity index (χ0n) is 9.87. The molecule has 0 atom stereocenters. The second-order valence-electron chi connectivity index (χ2n) is 4.07. The maximum Gasteiger partial charge on any atom is 0.244 e. The molecule has 0 aliphatic heterocycles. The quantitative estimate of drug-likeness (QED) is 0.481. The molecule has 0 unspecified atom stereocenters. The van der Waals surface area contributed by atoms with E-state index in [0.717, 1.165) is 10.9 Å². The summed E-state index contributed by atoms with van der Waals surface area (Å²) in [6.07, 6.45) is 1.68. The average Bonchev–Trinajstić information content (AvgIpc) is 2.44. The molecule has 3 aromatic rings. The molecule has 0 N–H and O–H groups in total. The van der Waals surface area contributed by atoms with E-state index in [2.05, 4.69) is 10.1 Å². The Bertz CT molecular complexity index is 711. The van der Waals surface area contributed by atoms with E-state index in [4.69, 9.17) is 0 Å². The monoisotopic (exact) mass is 237 g/mol. The lowest BCUT2D eigenvalue weighted by Crippen LogP contribution is -2.35. The van der Waals surface area contributed by atoms with Crippen LogP contribution >= 0.6 is 0 Å². The number of aromatic nitrogens is 3. The third-order valence-electron chi connectivity index (χ3n) is 2.93. The minimum atomic E-state index is 0.519. The van der Waals surface area contributed by atoms with Gasteiger partial charge in [-0.2, -0.15) is 0 Å². The molecule has 0 spiro atoms. The summed E-state index contributed by atoms with van der Waals surface area (Å²) in [5.74, 6) is 0. The molecule has 2 aromatic heterocycles. The van der Waals surface area contributed by atoms with Crippen molar-refractivity contribution in [2.24, 2.45) is 0 Å². The Labute approximate surface area is 104 Å². The summed E-state index contributed by atoms with van der Waals surface area (Å²) in [4.78, 5) is 4.90. The van der Waals surface area contributed by atoms with Gasteiger partial charge in [-0.3, -0.25) is 0 Å². The SMILES string of the molecule is Cc1c2ncccc2c(-c2ccccc2)n[n+]1[O-]. The van der Waals surface area contributed by atoms with E-state index < -0.39 is 0 Å². The van der Waals surface area contributed by atoms with Crippen molar-refractivity contribution in [2.75, 3.05) is 0 Å². The van der Waals surface area contributed by atoms with Crippen LogP contribution in [0.2, 0.25) is 0 Å². The van der Waals surface area contributed by atoms with Gasteiger partial charge in [0.05, 0.1) is 0 Å². The summed E-state index contributed by atoms with van der Waals surface area (Å²) in [7, 11) is 0. The lowest BCUT2D eigenvalue weighted by atomic mass is 10.1. The Hall–Kier alpha value is -2.49. The van der Waals surface area contributed by atoms with Gasteiger partial charge in [0.1, 0.15) is 11.2 Å². The van der Waals surface area contributed by atoms with Crippen LogP contribution in [0.5, 0.6) is 0 Å². The smallest absolute Gasteiger partial charge is 0.244 e. The minimum Gasteiger partial charge on any atom is -0.594 e. The molecule has 4 heteroatoms. The van der Waals surface area contributed by atoms with E-state index in [1.807, 2.05) is 42.5 Å². The minimum absolute atomic E-state index is 0.519. The lowest BCUT2D eigenvalue weighted by molar-refractivity contribution is -0.672. The molecule has 0 radical (unpaired) electrons. The van der Waals surface area contributed by atoms with E-state index in [1.165, 1.54) is 0 Å². The normalized spacial score (nSPS) is 10.7. The van der Waals surface area contributed by atoms with Crippen molar-refractivity contribution in [3.8, 4) is 11.3 Å². The standard InChI is InChI=1S/C14H11N3O/c1-10-13-12(8-5-9-15-13)14(16-17(10)18)11-6-3-2-4-7-11/h2-9H,1H3. The van der Waals surface area contributed by atoms with E-state index in [0.29, 0.717) is 21.7 Å². The van der Waals surface area contributed by atoms with Gasteiger partial charge in [-0.25, -0.2) is 4.98 Å².